The Morgan fingerprint density at radius 2 is 2.00 bits per heavy atom. The van der Waals surface area contributed by atoms with Crippen LogP contribution in [0.5, 0.6) is 0 Å². The van der Waals surface area contributed by atoms with Crippen LogP contribution < -0.4 is 10.6 Å². The normalized spacial score (nSPS) is 21.0. The summed E-state index contributed by atoms with van der Waals surface area (Å²) in [6, 6.07) is 9.80. The lowest BCUT2D eigenvalue weighted by Gasteiger charge is -2.12. The van der Waals surface area contributed by atoms with E-state index in [4.69, 9.17) is 4.74 Å². The fourth-order valence-corrected chi connectivity index (χ4v) is 2.38. The second-order valence-electron chi connectivity index (χ2n) is 5.44. The van der Waals surface area contributed by atoms with Crippen LogP contribution in [0.3, 0.4) is 0 Å². The van der Waals surface area contributed by atoms with E-state index in [0.717, 1.165) is 18.4 Å². The van der Waals surface area contributed by atoms with E-state index in [2.05, 4.69) is 10.6 Å². The van der Waals surface area contributed by atoms with Gasteiger partial charge < -0.3 is 20.3 Å². The lowest BCUT2D eigenvalue weighted by molar-refractivity contribution is 0.131. The van der Waals surface area contributed by atoms with Gasteiger partial charge in [-0.1, -0.05) is 30.3 Å². The van der Waals surface area contributed by atoms with Gasteiger partial charge in [-0.15, -0.1) is 0 Å². The molecule has 1 atom stereocenters. The van der Waals surface area contributed by atoms with Gasteiger partial charge in [0, 0.05) is 12.6 Å². The first-order valence-electron chi connectivity index (χ1n) is 7.25. The first kappa shape index (κ1) is 13.7. The minimum absolute atomic E-state index is 0.249. The van der Waals surface area contributed by atoms with Crippen LogP contribution in [-0.4, -0.2) is 42.3 Å². The summed E-state index contributed by atoms with van der Waals surface area (Å²) >= 11 is 0. The molecule has 6 heteroatoms. The summed E-state index contributed by atoms with van der Waals surface area (Å²) in [5.74, 6) is 0. The zero-order valence-electron chi connectivity index (χ0n) is 11.7. The molecular weight excluding hydrogens is 270 g/mol. The maximum atomic E-state index is 11.7. The lowest BCUT2D eigenvalue weighted by atomic mass is 10.2. The second-order valence-corrected chi connectivity index (χ2v) is 5.44. The van der Waals surface area contributed by atoms with Gasteiger partial charge >= 0.3 is 12.1 Å². The van der Waals surface area contributed by atoms with Gasteiger partial charge in [0.2, 0.25) is 0 Å². The number of carbonyl (C=O) groups is 2. The van der Waals surface area contributed by atoms with E-state index in [0.29, 0.717) is 25.7 Å². The van der Waals surface area contributed by atoms with Crippen molar-refractivity contribution >= 4 is 12.1 Å². The van der Waals surface area contributed by atoms with E-state index in [-0.39, 0.29) is 18.2 Å². The number of ether oxygens (including phenoxy) is 1. The van der Waals surface area contributed by atoms with Gasteiger partial charge in [-0.05, 0) is 18.4 Å². The molecule has 21 heavy (non-hydrogen) atoms. The number of urea groups is 1. The summed E-state index contributed by atoms with van der Waals surface area (Å²) in [4.78, 5) is 25.1. The summed E-state index contributed by atoms with van der Waals surface area (Å²) in [6.07, 6.45) is 1.62. The SMILES string of the molecule is O=C(NCc1ccccc1)NCC1CN(C2CC2)C(=O)O1. The zero-order valence-corrected chi connectivity index (χ0v) is 11.7. The van der Waals surface area contributed by atoms with Crippen molar-refractivity contribution in [3.8, 4) is 0 Å². The number of benzene rings is 1. The highest BCUT2D eigenvalue weighted by Crippen LogP contribution is 2.30. The smallest absolute Gasteiger partial charge is 0.410 e. The highest BCUT2D eigenvalue weighted by Gasteiger charge is 2.40. The predicted molar refractivity (Wildman–Crippen MR) is 76.7 cm³/mol. The zero-order chi connectivity index (χ0) is 14.7. The number of amides is 3. The Balaban J connectivity index is 1.37. The van der Waals surface area contributed by atoms with Crippen LogP contribution in [0.2, 0.25) is 0 Å². The molecule has 0 spiro atoms. The van der Waals surface area contributed by atoms with E-state index in [1.165, 1.54) is 0 Å². The van der Waals surface area contributed by atoms with Crippen LogP contribution in [0.1, 0.15) is 18.4 Å². The molecule has 1 heterocycles. The third-order valence-electron chi connectivity index (χ3n) is 3.68. The molecular formula is C15H19N3O3. The summed E-state index contributed by atoms with van der Waals surface area (Å²) in [6.45, 7) is 1.39. The number of rotatable bonds is 5. The minimum atomic E-state index is -0.256. The summed E-state index contributed by atoms with van der Waals surface area (Å²) in [5, 5.41) is 5.52. The monoisotopic (exact) mass is 289 g/mol. The number of hydrogen-bond acceptors (Lipinski definition) is 3. The van der Waals surface area contributed by atoms with Gasteiger partial charge in [0.05, 0.1) is 13.1 Å². The molecule has 6 nitrogen and oxygen atoms in total. The van der Waals surface area contributed by atoms with Gasteiger partial charge in [-0.25, -0.2) is 9.59 Å². The molecule has 0 aromatic heterocycles. The first-order valence-corrected chi connectivity index (χ1v) is 7.25. The Bertz CT molecular complexity index is 516. The average Bonchev–Trinajstić information content (AvgIpc) is 3.27. The number of cyclic esters (lactones) is 1. The number of nitrogens with one attached hydrogen (secondary N) is 2. The fraction of sp³-hybridized carbons (Fsp3) is 0.467. The van der Waals surface area contributed by atoms with Crippen LogP contribution in [0.15, 0.2) is 30.3 Å². The lowest BCUT2D eigenvalue weighted by Crippen LogP contribution is -2.40. The van der Waals surface area contributed by atoms with Crippen molar-refractivity contribution in [3.63, 3.8) is 0 Å². The highest BCUT2D eigenvalue weighted by molar-refractivity contribution is 5.74. The summed E-state index contributed by atoms with van der Waals surface area (Å²) < 4.78 is 5.23. The first-order chi connectivity index (χ1) is 10.2. The van der Waals surface area contributed by atoms with Crippen molar-refractivity contribution in [3.05, 3.63) is 35.9 Å². The minimum Gasteiger partial charge on any atom is -0.442 e. The molecule has 1 aliphatic carbocycles. The van der Waals surface area contributed by atoms with Gasteiger partial charge in [0.25, 0.3) is 0 Å². The van der Waals surface area contributed by atoms with Crippen molar-refractivity contribution in [1.82, 2.24) is 15.5 Å². The molecule has 3 amide bonds. The van der Waals surface area contributed by atoms with Gasteiger partial charge in [-0.2, -0.15) is 0 Å². The maximum absolute atomic E-state index is 11.7. The van der Waals surface area contributed by atoms with Crippen LogP contribution in [0.4, 0.5) is 9.59 Å². The van der Waals surface area contributed by atoms with E-state index in [1.807, 2.05) is 30.3 Å². The molecule has 1 saturated heterocycles. The molecule has 3 rings (SSSR count). The average molecular weight is 289 g/mol. The van der Waals surface area contributed by atoms with Crippen molar-refractivity contribution in [2.75, 3.05) is 13.1 Å². The van der Waals surface area contributed by atoms with Crippen LogP contribution in [-0.2, 0) is 11.3 Å². The Morgan fingerprint density at radius 1 is 1.24 bits per heavy atom. The molecule has 112 valence electrons. The standard InChI is InChI=1S/C15H19N3O3/c19-14(16-8-11-4-2-1-3-5-11)17-9-13-10-18(12-6-7-12)15(20)21-13/h1-5,12-13H,6-10H2,(H2,16,17,19). The number of hydrogen-bond donors (Lipinski definition) is 2. The van der Waals surface area contributed by atoms with Crippen LogP contribution in [0, 0.1) is 0 Å². The van der Waals surface area contributed by atoms with Crippen molar-refractivity contribution in [1.29, 1.82) is 0 Å². The Morgan fingerprint density at radius 3 is 2.71 bits per heavy atom. The molecule has 0 bridgehead atoms. The summed E-state index contributed by atoms with van der Waals surface area (Å²) in [5.41, 5.74) is 1.04. The van der Waals surface area contributed by atoms with Crippen LogP contribution in [0.25, 0.3) is 0 Å². The van der Waals surface area contributed by atoms with E-state index in [1.54, 1.807) is 4.90 Å². The molecule has 2 N–H and O–H groups in total. The van der Waals surface area contributed by atoms with Gasteiger partial charge in [0.15, 0.2) is 0 Å². The molecule has 1 aromatic rings. The largest absolute Gasteiger partial charge is 0.442 e. The van der Waals surface area contributed by atoms with E-state index in [9.17, 15) is 9.59 Å². The van der Waals surface area contributed by atoms with Crippen molar-refractivity contribution in [2.24, 2.45) is 0 Å². The molecule has 1 aliphatic heterocycles. The molecule has 2 fully saturated rings. The Labute approximate surface area is 123 Å². The summed E-state index contributed by atoms with van der Waals surface area (Å²) in [7, 11) is 0. The fourth-order valence-electron chi connectivity index (χ4n) is 2.38. The molecule has 1 unspecified atom stereocenters. The van der Waals surface area contributed by atoms with Gasteiger partial charge in [0.1, 0.15) is 6.10 Å². The van der Waals surface area contributed by atoms with Crippen molar-refractivity contribution < 1.29 is 14.3 Å². The third kappa shape index (κ3) is 3.65. The molecule has 1 aromatic carbocycles. The van der Waals surface area contributed by atoms with E-state index < -0.39 is 0 Å². The maximum Gasteiger partial charge on any atom is 0.410 e. The molecule has 2 aliphatic rings. The highest BCUT2D eigenvalue weighted by atomic mass is 16.6. The Hall–Kier alpha value is -2.24. The number of nitrogens with zero attached hydrogens (tertiary/aromatic N) is 1. The number of carbonyl (C=O) groups excluding carboxylic acids is 2. The topological polar surface area (TPSA) is 70.7 Å². The Kier molecular flexibility index (Phi) is 3.94. The molecule has 0 radical (unpaired) electrons. The van der Waals surface area contributed by atoms with Crippen LogP contribution >= 0.6 is 0 Å². The second kappa shape index (κ2) is 6.03. The van der Waals surface area contributed by atoms with E-state index >= 15 is 0 Å². The quantitative estimate of drug-likeness (QED) is 0.862. The predicted octanol–water partition coefficient (Wildman–Crippen LogP) is 1.47. The van der Waals surface area contributed by atoms with Crippen molar-refractivity contribution in [2.45, 2.75) is 31.5 Å². The third-order valence-corrected chi connectivity index (χ3v) is 3.68. The molecule has 1 saturated carbocycles. The van der Waals surface area contributed by atoms with Gasteiger partial charge in [-0.3, -0.25) is 0 Å².